The number of carbonyl (C=O) groups is 2. The number of carbonyl (C=O) groups excluding carboxylic acids is 2. The second-order valence-electron chi connectivity index (χ2n) is 6.38. The predicted molar refractivity (Wildman–Crippen MR) is 89.6 cm³/mol. The first-order valence-electron chi connectivity index (χ1n) is 8.93. The number of allylic oxidation sites excluding steroid dienone is 2. The Morgan fingerprint density at radius 1 is 1.14 bits per heavy atom. The van der Waals surface area contributed by atoms with E-state index in [2.05, 4.69) is 20.8 Å². The molecule has 1 aliphatic carbocycles. The first-order chi connectivity index (χ1) is 10.6. The molecule has 0 aliphatic heterocycles. The van der Waals surface area contributed by atoms with Crippen LogP contribution in [0.3, 0.4) is 0 Å². The average Bonchev–Trinajstić information content (AvgIpc) is 2.81. The number of rotatable bonds is 10. The minimum absolute atomic E-state index is 0.174. The van der Waals surface area contributed by atoms with E-state index in [1.165, 1.54) is 12.7 Å². The summed E-state index contributed by atoms with van der Waals surface area (Å²) in [6, 6.07) is 0. The quantitative estimate of drug-likeness (QED) is 0.428. The number of methoxy groups -OCH3 is 1. The molecule has 0 aromatic carbocycles. The van der Waals surface area contributed by atoms with Gasteiger partial charge in [-0.05, 0) is 31.3 Å². The topological polar surface area (TPSA) is 43.4 Å². The van der Waals surface area contributed by atoms with Crippen molar-refractivity contribution in [2.45, 2.75) is 78.6 Å². The van der Waals surface area contributed by atoms with Gasteiger partial charge in [0.25, 0.3) is 0 Å². The zero-order chi connectivity index (χ0) is 16.5. The van der Waals surface area contributed by atoms with Crippen molar-refractivity contribution in [1.29, 1.82) is 0 Å². The molecule has 126 valence electrons. The lowest BCUT2D eigenvalue weighted by Crippen LogP contribution is -2.29. The Hall–Kier alpha value is -1.12. The summed E-state index contributed by atoms with van der Waals surface area (Å²) in [6.07, 6.45) is 8.64. The fourth-order valence-electron chi connectivity index (χ4n) is 3.56. The van der Waals surface area contributed by atoms with Crippen LogP contribution in [0.1, 0.15) is 78.6 Å². The molecule has 1 rings (SSSR count). The minimum Gasteiger partial charge on any atom is -0.469 e. The molecule has 22 heavy (non-hydrogen) atoms. The second kappa shape index (κ2) is 9.81. The van der Waals surface area contributed by atoms with Gasteiger partial charge in [-0.15, -0.1) is 0 Å². The average molecular weight is 308 g/mol. The van der Waals surface area contributed by atoms with Crippen molar-refractivity contribution >= 4 is 11.8 Å². The van der Waals surface area contributed by atoms with Gasteiger partial charge in [-0.3, -0.25) is 9.59 Å². The third-order valence-corrected chi connectivity index (χ3v) is 4.69. The van der Waals surface area contributed by atoms with Crippen LogP contribution in [0.5, 0.6) is 0 Å². The summed E-state index contributed by atoms with van der Waals surface area (Å²) in [5.74, 6) is -0.419. The Morgan fingerprint density at radius 3 is 2.36 bits per heavy atom. The van der Waals surface area contributed by atoms with Crippen LogP contribution in [-0.4, -0.2) is 18.9 Å². The summed E-state index contributed by atoms with van der Waals surface area (Å²) in [5.41, 5.74) is 2.31. The Kier molecular flexibility index (Phi) is 8.44. The van der Waals surface area contributed by atoms with Gasteiger partial charge in [0.05, 0.1) is 13.0 Å². The molecule has 0 saturated heterocycles. The van der Waals surface area contributed by atoms with Crippen LogP contribution in [0.4, 0.5) is 0 Å². The smallest absolute Gasteiger partial charge is 0.309 e. The molecule has 0 radical (unpaired) electrons. The van der Waals surface area contributed by atoms with E-state index >= 15 is 0 Å². The second-order valence-corrected chi connectivity index (χ2v) is 6.38. The fraction of sp³-hybridized carbons (Fsp3) is 0.789. The van der Waals surface area contributed by atoms with Crippen LogP contribution in [0.2, 0.25) is 0 Å². The molecule has 0 fully saturated rings. The van der Waals surface area contributed by atoms with E-state index in [1.807, 2.05) is 0 Å². The fourth-order valence-corrected chi connectivity index (χ4v) is 3.56. The molecule has 0 heterocycles. The molecule has 0 N–H and O–H groups in total. The molecule has 3 nitrogen and oxygen atoms in total. The summed E-state index contributed by atoms with van der Waals surface area (Å²) in [6.45, 7) is 6.40. The summed E-state index contributed by atoms with van der Waals surface area (Å²) < 4.78 is 4.98. The zero-order valence-corrected chi connectivity index (χ0v) is 14.7. The van der Waals surface area contributed by atoms with Gasteiger partial charge in [0.1, 0.15) is 0 Å². The van der Waals surface area contributed by atoms with Crippen molar-refractivity contribution in [1.82, 2.24) is 0 Å². The van der Waals surface area contributed by atoms with Gasteiger partial charge in [0, 0.05) is 5.92 Å². The number of hydrogen-bond donors (Lipinski definition) is 0. The summed E-state index contributed by atoms with van der Waals surface area (Å²) in [4.78, 5) is 25.0. The Labute approximate surface area is 135 Å². The van der Waals surface area contributed by atoms with Gasteiger partial charge in [-0.25, -0.2) is 0 Å². The third kappa shape index (κ3) is 4.69. The lowest BCUT2D eigenvalue weighted by molar-refractivity contribution is -0.149. The third-order valence-electron chi connectivity index (χ3n) is 4.69. The highest BCUT2D eigenvalue weighted by molar-refractivity contribution is 6.02. The molecule has 2 atom stereocenters. The van der Waals surface area contributed by atoms with Crippen molar-refractivity contribution in [2.75, 3.05) is 7.11 Å². The van der Waals surface area contributed by atoms with E-state index in [9.17, 15) is 9.59 Å². The molecule has 0 aromatic rings. The van der Waals surface area contributed by atoms with Crippen LogP contribution < -0.4 is 0 Å². The van der Waals surface area contributed by atoms with E-state index in [-0.39, 0.29) is 23.6 Å². The van der Waals surface area contributed by atoms with Gasteiger partial charge >= 0.3 is 5.97 Å². The van der Waals surface area contributed by atoms with Crippen LogP contribution in [-0.2, 0) is 14.3 Å². The number of ketones is 1. The van der Waals surface area contributed by atoms with Crippen LogP contribution in [0.25, 0.3) is 0 Å². The van der Waals surface area contributed by atoms with E-state index in [4.69, 9.17) is 4.74 Å². The highest BCUT2D eigenvalue weighted by Gasteiger charge is 2.40. The first-order valence-corrected chi connectivity index (χ1v) is 8.93. The largest absolute Gasteiger partial charge is 0.469 e. The standard InChI is InChI=1S/C19H32O3/c1-5-8-9-12-16(19(21)22-4)17-13-14(10-6-2)15(11-7-3)18(17)20/h16-17H,5-13H2,1-4H3. The maximum Gasteiger partial charge on any atom is 0.309 e. The summed E-state index contributed by atoms with van der Waals surface area (Å²) >= 11 is 0. The van der Waals surface area contributed by atoms with Gasteiger partial charge in [0.15, 0.2) is 5.78 Å². The Bertz CT molecular complexity index is 409. The summed E-state index contributed by atoms with van der Waals surface area (Å²) in [5, 5.41) is 0. The van der Waals surface area contributed by atoms with Gasteiger partial charge < -0.3 is 4.74 Å². The molecule has 0 saturated carbocycles. The van der Waals surface area contributed by atoms with Gasteiger partial charge in [0.2, 0.25) is 0 Å². The lowest BCUT2D eigenvalue weighted by Gasteiger charge is -2.20. The van der Waals surface area contributed by atoms with Gasteiger partial charge in [-0.1, -0.05) is 58.4 Å². The highest BCUT2D eigenvalue weighted by atomic mass is 16.5. The predicted octanol–water partition coefficient (Wildman–Crippen LogP) is 4.84. The molecule has 0 spiro atoms. The van der Waals surface area contributed by atoms with Crippen LogP contribution in [0.15, 0.2) is 11.1 Å². The highest BCUT2D eigenvalue weighted by Crippen LogP contribution is 2.39. The number of esters is 1. The maximum absolute atomic E-state index is 12.8. The Balaban J connectivity index is 2.88. The lowest BCUT2D eigenvalue weighted by atomic mass is 9.83. The SMILES string of the molecule is CCCCCC(C(=O)OC)C1CC(CCC)=C(CCC)C1=O. The van der Waals surface area contributed by atoms with Crippen LogP contribution in [0, 0.1) is 11.8 Å². The van der Waals surface area contributed by atoms with E-state index in [1.54, 1.807) is 0 Å². The summed E-state index contributed by atoms with van der Waals surface area (Å²) in [7, 11) is 1.43. The molecule has 0 bridgehead atoms. The Morgan fingerprint density at radius 2 is 1.82 bits per heavy atom. The number of hydrogen-bond acceptors (Lipinski definition) is 3. The molecule has 1 aliphatic rings. The molecule has 2 unspecified atom stereocenters. The van der Waals surface area contributed by atoms with Crippen molar-refractivity contribution in [3.8, 4) is 0 Å². The molecule has 0 aromatic heterocycles. The van der Waals surface area contributed by atoms with E-state index < -0.39 is 0 Å². The molecule has 0 amide bonds. The minimum atomic E-state index is -0.259. The van der Waals surface area contributed by atoms with Crippen molar-refractivity contribution in [3.05, 3.63) is 11.1 Å². The normalized spacial score (nSPS) is 19.6. The van der Waals surface area contributed by atoms with Crippen molar-refractivity contribution in [2.24, 2.45) is 11.8 Å². The first kappa shape index (κ1) is 18.9. The van der Waals surface area contributed by atoms with Gasteiger partial charge in [-0.2, -0.15) is 0 Å². The molecular weight excluding hydrogens is 276 g/mol. The number of Topliss-reactive ketones (excluding diaryl/α,β-unsaturated/α-hetero) is 1. The van der Waals surface area contributed by atoms with Crippen molar-refractivity contribution < 1.29 is 14.3 Å². The van der Waals surface area contributed by atoms with Crippen LogP contribution >= 0.6 is 0 Å². The number of unbranched alkanes of at least 4 members (excludes halogenated alkanes) is 2. The molecule has 3 heteroatoms. The van der Waals surface area contributed by atoms with Crippen molar-refractivity contribution in [3.63, 3.8) is 0 Å². The molecular formula is C19H32O3. The number of ether oxygens (including phenoxy) is 1. The monoisotopic (exact) mass is 308 g/mol. The zero-order valence-electron chi connectivity index (χ0n) is 14.7. The maximum atomic E-state index is 12.8. The van der Waals surface area contributed by atoms with E-state index in [0.717, 1.165) is 63.4 Å². The van der Waals surface area contributed by atoms with E-state index in [0.29, 0.717) is 0 Å².